The van der Waals surface area contributed by atoms with Gasteiger partial charge in [-0.05, 0) is 43.5 Å². The quantitative estimate of drug-likeness (QED) is 0.279. The normalized spacial score (nSPS) is 10.2. The van der Waals surface area contributed by atoms with E-state index in [1.54, 1.807) is 0 Å². The third kappa shape index (κ3) is 6.69. The molecule has 10 nitrogen and oxygen atoms in total. The minimum Gasteiger partial charge on any atom is -0.462 e. The van der Waals surface area contributed by atoms with Crippen molar-refractivity contribution in [1.29, 1.82) is 0 Å². The second kappa shape index (κ2) is 10.5. The highest BCUT2D eigenvalue weighted by atomic mass is 16.6. The van der Waals surface area contributed by atoms with Crippen LogP contribution in [0.1, 0.15) is 40.0 Å². The summed E-state index contributed by atoms with van der Waals surface area (Å²) in [6.07, 6.45) is 1.99. The molecule has 152 valence electrons. The van der Waals surface area contributed by atoms with Gasteiger partial charge in [0.15, 0.2) is 0 Å². The standard InChI is InChI=1S/C19H19N3O7/c23-18(14-4-8-16(9-5-14)21(25)26)20-12-2-1-3-13-29-19(24)15-6-10-17(11-7-15)22(27)28/h4-11H,1-3,12-13H2,(H,20,23). The number of nitro benzene ring substituents is 2. The predicted octanol–water partition coefficient (Wildman–Crippen LogP) is 3.26. The smallest absolute Gasteiger partial charge is 0.338 e. The van der Waals surface area contributed by atoms with Crippen molar-refractivity contribution in [3.05, 3.63) is 79.9 Å². The van der Waals surface area contributed by atoms with Crippen LogP contribution >= 0.6 is 0 Å². The molecule has 0 spiro atoms. The fourth-order valence-corrected chi connectivity index (χ4v) is 2.41. The van der Waals surface area contributed by atoms with E-state index < -0.39 is 15.8 Å². The van der Waals surface area contributed by atoms with E-state index in [2.05, 4.69) is 5.32 Å². The molecule has 2 aromatic rings. The maximum atomic E-state index is 11.9. The van der Waals surface area contributed by atoms with Crippen LogP contribution < -0.4 is 5.32 Å². The first-order valence-corrected chi connectivity index (χ1v) is 8.82. The number of ether oxygens (including phenoxy) is 1. The summed E-state index contributed by atoms with van der Waals surface area (Å²) in [7, 11) is 0. The number of non-ortho nitro benzene ring substituents is 2. The van der Waals surface area contributed by atoms with Gasteiger partial charge in [0.05, 0.1) is 22.0 Å². The van der Waals surface area contributed by atoms with Crippen molar-refractivity contribution in [2.24, 2.45) is 0 Å². The first-order valence-electron chi connectivity index (χ1n) is 8.82. The lowest BCUT2D eigenvalue weighted by atomic mass is 10.2. The summed E-state index contributed by atoms with van der Waals surface area (Å²) < 4.78 is 5.10. The van der Waals surface area contributed by atoms with Crippen molar-refractivity contribution in [2.45, 2.75) is 19.3 Å². The van der Waals surface area contributed by atoms with E-state index in [4.69, 9.17) is 4.74 Å². The summed E-state index contributed by atoms with van der Waals surface area (Å²) in [5, 5.41) is 23.9. The number of carbonyl (C=O) groups excluding carboxylic acids is 2. The molecular formula is C19H19N3O7. The van der Waals surface area contributed by atoms with Crippen LogP contribution in [0.25, 0.3) is 0 Å². The van der Waals surface area contributed by atoms with Gasteiger partial charge in [0, 0.05) is 36.4 Å². The first kappa shape index (κ1) is 21.5. The molecule has 10 heteroatoms. The molecule has 0 aromatic heterocycles. The minimum atomic E-state index is -0.550. The molecule has 0 saturated heterocycles. The van der Waals surface area contributed by atoms with Crippen LogP contribution in [0.5, 0.6) is 0 Å². The Bertz CT molecular complexity index is 806. The number of nitro groups is 2. The van der Waals surface area contributed by atoms with Gasteiger partial charge in [-0.25, -0.2) is 4.79 Å². The third-order valence-electron chi connectivity index (χ3n) is 3.99. The van der Waals surface area contributed by atoms with E-state index in [0.717, 1.165) is 0 Å². The lowest BCUT2D eigenvalue weighted by Gasteiger charge is -2.06. The molecule has 2 rings (SSSR count). The molecule has 0 heterocycles. The zero-order valence-electron chi connectivity index (χ0n) is 15.4. The van der Waals surface area contributed by atoms with Gasteiger partial charge in [0.25, 0.3) is 17.3 Å². The maximum Gasteiger partial charge on any atom is 0.338 e. The van der Waals surface area contributed by atoms with Crippen molar-refractivity contribution in [3.8, 4) is 0 Å². The topological polar surface area (TPSA) is 142 Å². The van der Waals surface area contributed by atoms with Gasteiger partial charge in [0.1, 0.15) is 0 Å². The number of amides is 1. The SMILES string of the molecule is O=C(NCCCCCOC(=O)c1ccc([N+](=O)[O-])cc1)c1ccc([N+](=O)[O-])cc1. The van der Waals surface area contributed by atoms with Crippen molar-refractivity contribution >= 4 is 23.3 Å². The highest BCUT2D eigenvalue weighted by molar-refractivity contribution is 5.94. The fourth-order valence-electron chi connectivity index (χ4n) is 2.41. The molecule has 2 aromatic carbocycles. The predicted molar refractivity (Wildman–Crippen MR) is 103 cm³/mol. The van der Waals surface area contributed by atoms with E-state index in [0.29, 0.717) is 31.4 Å². The summed E-state index contributed by atoms with van der Waals surface area (Å²) in [6.45, 7) is 0.623. The molecular weight excluding hydrogens is 382 g/mol. The molecule has 29 heavy (non-hydrogen) atoms. The minimum absolute atomic E-state index is 0.0789. The number of nitrogens with zero attached hydrogens (tertiary/aromatic N) is 2. The van der Waals surface area contributed by atoms with Crippen LogP contribution in [0.3, 0.4) is 0 Å². The Kier molecular flexibility index (Phi) is 7.78. The zero-order chi connectivity index (χ0) is 21.2. The van der Waals surface area contributed by atoms with Gasteiger partial charge in [-0.1, -0.05) is 0 Å². The van der Waals surface area contributed by atoms with Gasteiger partial charge in [-0.3, -0.25) is 25.0 Å². The van der Waals surface area contributed by atoms with E-state index in [1.807, 2.05) is 0 Å². The zero-order valence-corrected chi connectivity index (χ0v) is 15.4. The second-order valence-electron chi connectivity index (χ2n) is 6.06. The molecule has 0 fully saturated rings. The second-order valence-corrected chi connectivity index (χ2v) is 6.06. The fraction of sp³-hybridized carbons (Fsp3) is 0.263. The molecule has 0 atom stereocenters. The van der Waals surface area contributed by atoms with Crippen molar-refractivity contribution in [1.82, 2.24) is 5.32 Å². The molecule has 0 unspecified atom stereocenters. The number of rotatable bonds is 10. The number of esters is 1. The lowest BCUT2D eigenvalue weighted by molar-refractivity contribution is -0.385. The Labute approximate surface area is 165 Å². The van der Waals surface area contributed by atoms with Crippen LogP contribution in [-0.4, -0.2) is 34.9 Å². The Morgan fingerprint density at radius 3 is 1.83 bits per heavy atom. The Balaban J connectivity index is 1.60. The maximum absolute atomic E-state index is 11.9. The number of unbranched alkanes of at least 4 members (excludes halogenated alkanes) is 2. The van der Waals surface area contributed by atoms with Gasteiger partial charge in [-0.2, -0.15) is 0 Å². The van der Waals surface area contributed by atoms with Crippen LogP contribution in [-0.2, 0) is 4.74 Å². The molecule has 0 bridgehead atoms. The molecule has 0 radical (unpaired) electrons. The Hall–Kier alpha value is -3.82. The summed E-state index contributed by atoms with van der Waals surface area (Å²) in [5.74, 6) is -0.865. The van der Waals surface area contributed by atoms with Crippen LogP contribution in [0.4, 0.5) is 11.4 Å². The van der Waals surface area contributed by atoms with Gasteiger partial charge in [0.2, 0.25) is 0 Å². The number of carbonyl (C=O) groups is 2. The highest BCUT2D eigenvalue weighted by Gasteiger charge is 2.11. The van der Waals surface area contributed by atoms with Crippen molar-refractivity contribution < 1.29 is 24.2 Å². The van der Waals surface area contributed by atoms with E-state index in [1.165, 1.54) is 48.5 Å². The molecule has 1 N–H and O–H groups in total. The van der Waals surface area contributed by atoms with Crippen LogP contribution in [0.15, 0.2) is 48.5 Å². The first-order chi connectivity index (χ1) is 13.9. The number of benzene rings is 2. The van der Waals surface area contributed by atoms with Crippen molar-refractivity contribution in [3.63, 3.8) is 0 Å². The molecule has 0 aliphatic rings. The summed E-state index contributed by atoms with van der Waals surface area (Å²) >= 11 is 0. The van der Waals surface area contributed by atoms with Crippen LogP contribution in [0, 0.1) is 20.2 Å². The average molecular weight is 401 g/mol. The van der Waals surface area contributed by atoms with Crippen molar-refractivity contribution in [2.75, 3.05) is 13.2 Å². The van der Waals surface area contributed by atoms with E-state index >= 15 is 0 Å². The Morgan fingerprint density at radius 1 is 0.793 bits per heavy atom. The Morgan fingerprint density at radius 2 is 1.31 bits per heavy atom. The summed E-state index contributed by atoms with van der Waals surface area (Å²) in [5.41, 5.74) is 0.403. The van der Waals surface area contributed by atoms with Gasteiger partial charge < -0.3 is 10.1 Å². The summed E-state index contributed by atoms with van der Waals surface area (Å²) in [4.78, 5) is 43.9. The lowest BCUT2D eigenvalue weighted by Crippen LogP contribution is -2.24. The molecule has 1 amide bonds. The number of hydrogen-bond donors (Lipinski definition) is 1. The number of hydrogen-bond acceptors (Lipinski definition) is 7. The largest absolute Gasteiger partial charge is 0.462 e. The molecule has 0 aliphatic carbocycles. The van der Waals surface area contributed by atoms with Crippen LogP contribution in [0.2, 0.25) is 0 Å². The van der Waals surface area contributed by atoms with Gasteiger partial charge >= 0.3 is 5.97 Å². The summed E-state index contributed by atoms with van der Waals surface area (Å²) in [6, 6.07) is 10.5. The highest BCUT2D eigenvalue weighted by Crippen LogP contribution is 2.13. The molecule has 0 saturated carbocycles. The van der Waals surface area contributed by atoms with E-state index in [-0.39, 0.29) is 29.5 Å². The number of nitrogens with one attached hydrogen (secondary N) is 1. The molecule has 0 aliphatic heterocycles. The van der Waals surface area contributed by atoms with Gasteiger partial charge in [-0.15, -0.1) is 0 Å². The average Bonchev–Trinajstić information content (AvgIpc) is 2.72. The monoisotopic (exact) mass is 401 g/mol. The van der Waals surface area contributed by atoms with E-state index in [9.17, 15) is 29.8 Å². The third-order valence-corrected chi connectivity index (χ3v) is 3.99.